The van der Waals surface area contributed by atoms with Gasteiger partial charge in [0, 0.05) is 24.9 Å². The van der Waals surface area contributed by atoms with Crippen molar-refractivity contribution in [2.75, 3.05) is 25.1 Å². The third-order valence-corrected chi connectivity index (χ3v) is 7.02. The molecule has 35 heavy (non-hydrogen) atoms. The van der Waals surface area contributed by atoms with Crippen LogP contribution in [0.25, 0.3) is 6.08 Å². The van der Waals surface area contributed by atoms with Crippen LogP contribution in [0.1, 0.15) is 40.0 Å². The summed E-state index contributed by atoms with van der Waals surface area (Å²) in [5, 5.41) is 11.2. The summed E-state index contributed by atoms with van der Waals surface area (Å²) in [5.41, 5.74) is 3.91. The number of piperidine rings is 1. The van der Waals surface area contributed by atoms with Gasteiger partial charge < -0.3 is 15.0 Å². The molecule has 0 unspecified atom stereocenters. The quantitative estimate of drug-likeness (QED) is 0.557. The number of hydrogen-bond acceptors (Lipinski definition) is 6. The maximum absolute atomic E-state index is 12.8. The second-order valence-electron chi connectivity index (χ2n) is 9.08. The number of benzene rings is 2. The normalized spacial score (nSPS) is 16.5. The highest BCUT2D eigenvalue weighted by Crippen LogP contribution is 2.44. The fourth-order valence-electron chi connectivity index (χ4n) is 5.04. The van der Waals surface area contributed by atoms with Gasteiger partial charge in [-0.25, -0.2) is 4.79 Å². The number of allylic oxidation sites excluding steroid dienone is 1. The van der Waals surface area contributed by atoms with E-state index in [2.05, 4.69) is 56.8 Å². The van der Waals surface area contributed by atoms with E-state index in [1.54, 1.807) is 6.07 Å². The van der Waals surface area contributed by atoms with Crippen LogP contribution in [-0.2, 0) is 21.4 Å². The SMILES string of the molecule is COC(=O)[C@H](Cc1ccccc1)NC(=O)c1ccc(N2CCC3(C=Cc4ccccc43)CC2)nn1. The van der Waals surface area contributed by atoms with Crippen LogP contribution in [0.2, 0.25) is 0 Å². The van der Waals surface area contributed by atoms with Gasteiger partial charge >= 0.3 is 5.97 Å². The highest BCUT2D eigenvalue weighted by atomic mass is 16.5. The minimum Gasteiger partial charge on any atom is -0.467 e. The Morgan fingerprint density at radius 1 is 1.00 bits per heavy atom. The van der Waals surface area contributed by atoms with Crippen molar-refractivity contribution in [2.45, 2.75) is 30.7 Å². The molecule has 1 aromatic heterocycles. The number of esters is 1. The molecule has 1 spiro atoms. The summed E-state index contributed by atoms with van der Waals surface area (Å²) >= 11 is 0. The van der Waals surface area contributed by atoms with Gasteiger partial charge in [-0.05, 0) is 41.7 Å². The molecule has 1 aliphatic heterocycles. The topological polar surface area (TPSA) is 84.4 Å². The van der Waals surface area contributed by atoms with E-state index < -0.39 is 17.9 Å². The largest absolute Gasteiger partial charge is 0.467 e. The zero-order valence-corrected chi connectivity index (χ0v) is 19.7. The van der Waals surface area contributed by atoms with Crippen molar-refractivity contribution < 1.29 is 14.3 Å². The molecule has 0 radical (unpaired) electrons. The molecular weight excluding hydrogens is 440 g/mol. The Morgan fingerprint density at radius 2 is 1.74 bits per heavy atom. The van der Waals surface area contributed by atoms with E-state index in [1.807, 2.05) is 36.4 Å². The first-order chi connectivity index (χ1) is 17.1. The molecule has 2 aromatic carbocycles. The Kier molecular flexibility index (Phi) is 6.31. The van der Waals surface area contributed by atoms with Gasteiger partial charge in [-0.2, -0.15) is 0 Å². The van der Waals surface area contributed by atoms with Crippen LogP contribution in [0.4, 0.5) is 5.82 Å². The van der Waals surface area contributed by atoms with Gasteiger partial charge in [0.2, 0.25) is 0 Å². The van der Waals surface area contributed by atoms with E-state index in [1.165, 1.54) is 18.2 Å². The Bertz CT molecular complexity index is 1230. The summed E-state index contributed by atoms with van der Waals surface area (Å²) in [6.07, 6.45) is 6.92. The molecule has 3 aromatic rings. The van der Waals surface area contributed by atoms with E-state index >= 15 is 0 Å². The minimum atomic E-state index is -0.808. The van der Waals surface area contributed by atoms with E-state index in [0.717, 1.165) is 37.3 Å². The van der Waals surface area contributed by atoms with Crippen molar-refractivity contribution in [3.63, 3.8) is 0 Å². The molecule has 1 fully saturated rings. The third kappa shape index (κ3) is 4.67. The Labute approximate surface area is 204 Å². The molecule has 1 N–H and O–H groups in total. The predicted molar refractivity (Wildman–Crippen MR) is 134 cm³/mol. The smallest absolute Gasteiger partial charge is 0.328 e. The lowest BCUT2D eigenvalue weighted by Gasteiger charge is -2.39. The summed E-state index contributed by atoms with van der Waals surface area (Å²) in [6, 6.07) is 20.8. The number of ether oxygens (including phenoxy) is 1. The van der Waals surface area contributed by atoms with Crippen molar-refractivity contribution in [3.8, 4) is 0 Å². The molecule has 1 amide bonds. The van der Waals surface area contributed by atoms with Crippen molar-refractivity contribution in [2.24, 2.45) is 0 Å². The monoisotopic (exact) mass is 468 g/mol. The maximum Gasteiger partial charge on any atom is 0.328 e. The number of carbonyl (C=O) groups excluding carboxylic acids is 2. The van der Waals surface area contributed by atoms with Crippen LogP contribution < -0.4 is 10.2 Å². The van der Waals surface area contributed by atoms with Gasteiger partial charge in [-0.1, -0.05) is 66.7 Å². The summed E-state index contributed by atoms with van der Waals surface area (Å²) in [6.45, 7) is 1.72. The molecule has 2 aliphatic rings. The molecule has 178 valence electrons. The molecule has 0 bridgehead atoms. The summed E-state index contributed by atoms with van der Waals surface area (Å²) in [4.78, 5) is 27.2. The lowest BCUT2D eigenvalue weighted by atomic mass is 9.74. The first-order valence-corrected chi connectivity index (χ1v) is 11.9. The van der Waals surface area contributed by atoms with Crippen LogP contribution in [-0.4, -0.2) is 48.3 Å². The van der Waals surface area contributed by atoms with Crippen LogP contribution in [0.3, 0.4) is 0 Å². The summed E-state index contributed by atoms with van der Waals surface area (Å²) in [7, 11) is 1.31. The Balaban J connectivity index is 1.22. The third-order valence-electron chi connectivity index (χ3n) is 7.02. The van der Waals surface area contributed by atoms with E-state index in [0.29, 0.717) is 6.42 Å². The van der Waals surface area contributed by atoms with Gasteiger partial charge in [0.15, 0.2) is 11.5 Å². The fourth-order valence-corrected chi connectivity index (χ4v) is 5.04. The van der Waals surface area contributed by atoms with Gasteiger partial charge in [0.05, 0.1) is 7.11 Å². The number of fused-ring (bicyclic) bond motifs is 2. The highest BCUT2D eigenvalue weighted by molar-refractivity contribution is 5.95. The summed E-state index contributed by atoms with van der Waals surface area (Å²) < 4.78 is 4.88. The molecule has 0 saturated carbocycles. The van der Waals surface area contributed by atoms with E-state index in [-0.39, 0.29) is 11.1 Å². The molecule has 2 heterocycles. The number of aromatic nitrogens is 2. The number of amides is 1. The maximum atomic E-state index is 12.8. The number of hydrogen-bond donors (Lipinski definition) is 1. The number of carbonyl (C=O) groups is 2. The molecule has 1 saturated heterocycles. The number of anilines is 1. The molecule has 7 heteroatoms. The minimum absolute atomic E-state index is 0.0992. The molecule has 7 nitrogen and oxygen atoms in total. The average molecular weight is 469 g/mol. The number of nitrogens with zero attached hydrogens (tertiary/aromatic N) is 3. The molecular formula is C28H28N4O3. The molecule has 1 atom stereocenters. The standard InChI is InChI=1S/C28H28N4O3/c1-35-27(34)24(19-20-7-3-2-4-8-20)29-26(33)23-11-12-25(31-30-23)32-17-15-28(16-18-32)14-13-21-9-5-6-10-22(21)28/h2-14,24H,15-19H2,1H3,(H,29,33)/t24-/m0/s1. The van der Waals surface area contributed by atoms with Gasteiger partial charge in [-0.3, -0.25) is 4.79 Å². The second kappa shape index (κ2) is 9.70. The summed E-state index contributed by atoms with van der Waals surface area (Å²) in [5.74, 6) is -0.210. The number of nitrogens with one attached hydrogen (secondary N) is 1. The number of methoxy groups -OCH3 is 1. The van der Waals surface area contributed by atoms with E-state index in [4.69, 9.17) is 4.74 Å². The zero-order chi connectivity index (χ0) is 24.3. The lowest BCUT2D eigenvalue weighted by Crippen LogP contribution is -2.43. The average Bonchev–Trinajstić information content (AvgIpc) is 3.27. The van der Waals surface area contributed by atoms with Crippen molar-refractivity contribution in [1.29, 1.82) is 0 Å². The van der Waals surface area contributed by atoms with Crippen molar-refractivity contribution in [3.05, 3.63) is 95.2 Å². The van der Waals surface area contributed by atoms with Crippen LogP contribution in [0.5, 0.6) is 0 Å². The Hall–Kier alpha value is -4.00. The van der Waals surface area contributed by atoms with Crippen LogP contribution >= 0.6 is 0 Å². The van der Waals surface area contributed by atoms with Crippen LogP contribution in [0.15, 0.2) is 72.8 Å². The predicted octanol–water partition coefficient (Wildman–Crippen LogP) is 3.56. The van der Waals surface area contributed by atoms with Crippen molar-refractivity contribution >= 4 is 23.8 Å². The Morgan fingerprint density at radius 3 is 2.46 bits per heavy atom. The fraction of sp³-hybridized carbons (Fsp3) is 0.286. The first kappa shape index (κ1) is 22.8. The number of rotatable bonds is 6. The van der Waals surface area contributed by atoms with Crippen LogP contribution in [0, 0.1) is 0 Å². The van der Waals surface area contributed by atoms with Gasteiger partial charge in [-0.15, -0.1) is 10.2 Å². The highest BCUT2D eigenvalue weighted by Gasteiger charge is 2.38. The molecule has 5 rings (SSSR count). The van der Waals surface area contributed by atoms with Crippen molar-refractivity contribution in [1.82, 2.24) is 15.5 Å². The first-order valence-electron chi connectivity index (χ1n) is 11.9. The van der Waals surface area contributed by atoms with E-state index in [9.17, 15) is 9.59 Å². The van der Waals surface area contributed by atoms with Gasteiger partial charge in [0.25, 0.3) is 5.91 Å². The van der Waals surface area contributed by atoms with Gasteiger partial charge in [0.1, 0.15) is 6.04 Å². The molecule has 1 aliphatic carbocycles. The second-order valence-corrected chi connectivity index (χ2v) is 9.08. The lowest BCUT2D eigenvalue weighted by molar-refractivity contribution is -0.142. The zero-order valence-electron chi connectivity index (χ0n) is 19.7.